The summed E-state index contributed by atoms with van der Waals surface area (Å²) < 4.78 is 0. The van der Waals surface area contributed by atoms with Crippen molar-refractivity contribution in [1.29, 1.82) is 0 Å². The van der Waals surface area contributed by atoms with Crippen LogP contribution in [0.3, 0.4) is 0 Å². The Morgan fingerprint density at radius 2 is 0.341 bits per heavy atom. The third-order valence-corrected chi connectivity index (χ3v) is 10.1. The lowest BCUT2D eigenvalue weighted by Gasteiger charge is -2.27. The van der Waals surface area contributed by atoms with Crippen LogP contribution in [0.5, 0.6) is 0 Å². The van der Waals surface area contributed by atoms with Gasteiger partial charge in [-0.3, -0.25) is 0 Å². The van der Waals surface area contributed by atoms with Gasteiger partial charge in [0.15, 0.2) is 0 Å². The van der Waals surface area contributed by atoms with E-state index in [0.717, 1.165) is 12.8 Å². The highest BCUT2D eigenvalue weighted by Crippen LogP contribution is 2.48. The van der Waals surface area contributed by atoms with E-state index in [1.165, 1.54) is 78.6 Å². The lowest BCUT2D eigenvalue weighted by atomic mass is 10.0. The van der Waals surface area contributed by atoms with E-state index in [9.17, 15) is 0 Å². The van der Waals surface area contributed by atoms with Crippen molar-refractivity contribution in [3.8, 4) is 22.3 Å². The molecule has 0 bridgehead atoms. The number of hydrogen-bond acceptors (Lipinski definition) is 2. The van der Waals surface area contributed by atoms with Gasteiger partial charge in [-0.15, -0.1) is 0 Å². The summed E-state index contributed by atoms with van der Waals surface area (Å²) in [7, 11) is 0. The first-order valence-corrected chi connectivity index (χ1v) is 36.0. The topological polar surface area (TPSA) is 6.48 Å². The molecule has 2 aliphatic rings. The summed E-state index contributed by atoms with van der Waals surface area (Å²) in [5, 5.41) is 0. The minimum Gasteiger partial charge on any atom is -0.310 e. The van der Waals surface area contributed by atoms with Gasteiger partial charge in [-0.25, -0.2) is 0 Å². The highest BCUT2D eigenvalue weighted by Gasteiger charge is 2.26. The van der Waals surface area contributed by atoms with Crippen LogP contribution in [0.4, 0.5) is 34.1 Å². The van der Waals surface area contributed by atoms with Crippen LogP contribution in [0.1, 0.15) is 272 Å². The molecule has 0 fully saturated rings. The summed E-state index contributed by atoms with van der Waals surface area (Å²) in [6.45, 7) is 72.0. The van der Waals surface area contributed by atoms with Crippen molar-refractivity contribution in [2.24, 2.45) is 0 Å². The average molecular weight is 1210 g/mol. The maximum Gasteiger partial charge on any atom is 0.0543 e. The summed E-state index contributed by atoms with van der Waals surface area (Å²) >= 11 is 0. The molecule has 500 valence electrons. The molecule has 0 radical (unpaired) electrons. The highest BCUT2D eigenvalue weighted by molar-refractivity contribution is 5.94. The fraction of sp³-hybridized carbons (Fsp3) is 0.442. The Labute approximate surface area is 553 Å². The molecule has 0 N–H and O–H groups in total. The van der Waals surface area contributed by atoms with Crippen LogP contribution in [-0.2, 0) is 12.8 Å². The van der Waals surface area contributed by atoms with Crippen molar-refractivity contribution in [3.05, 3.63) is 229 Å². The minimum absolute atomic E-state index is 1.01. The predicted octanol–water partition coefficient (Wildman–Crippen LogP) is 31.9. The monoisotopic (exact) mass is 1210 g/mol. The molecular weight excluding hydrogens is 1060 g/mol. The highest BCUT2D eigenvalue weighted by atomic mass is 15.1. The molecule has 0 heterocycles. The van der Waals surface area contributed by atoms with Crippen LogP contribution < -0.4 is 9.80 Å². The fourth-order valence-corrected chi connectivity index (χ4v) is 7.87. The summed E-state index contributed by atoms with van der Waals surface area (Å²) in [4.78, 5) is 4.72. The van der Waals surface area contributed by atoms with E-state index in [-0.39, 0.29) is 0 Å². The molecule has 0 spiro atoms. The van der Waals surface area contributed by atoms with E-state index >= 15 is 0 Å². The van der Waals surface area contributed by atoms with Gasteiger partial charge in [-0.05, 0) is 107 Å². The fourth-order valence-electron chi connectivity index (χ4n) is 7.87. The SMILES string of the molecule is CC.CC.CC.CC.CC.CC.CC.CC.CC.CC.CC.CC.CC.CC.CC.CC.CC.CC.c1ccc(N(c2ccccc2)c2cccc3c2-c2ccccc2C3)cc1.c1ccc(N(c2ccccc2)c2cccc3c2-c2ccccc2C3)cc1. The Balaban J connectivity index is -0.000000115. The quantitative estimate of drug-likeness (QED) is 0.164. The molecule has 10 rings (SSSR count). The molecule has 88 heavy (non-hydrogen) atoms. The van der Waals surface area contributed by atoms with Crippen LogP contribution >= 0.6 is 0 Å². The van der Waals surface area contributed by atoms with Gasteiger partial charge in [0.1, 0.15) is 0 Å². The van der Waals surface area contributed by atoms with Crippen molar-refractivity contribution >= 4 is 34.1 Å². The van der Waals surface area contributed by atoms with Gasteiger partial charge in [-0.2, -0.15) is 0 Å². The maximum absolute atomic E-state index is 2.36. The Morgan fingerprint density at radius 1 is 0.170 bits per heavy atom. The Bertz CT molecular complexity index is 2200. The van der Waals surface area contributed by atoms with E-state index < -0.39 is 0 Å². The molecule has 2 nitrogen and oxygen atoms in total. The second kappa shape index (κ2) is 84.6. The van der Waals surface area contributed by atoms with Crippen LogP contribution in [-0.4, -0.2) is 0 Å². The normalized spacial score (nSPS) is 8.14. The molecule has 0 saturated heterocycles. The van der Waals surface area contributed by atoms with Gasteiger partial charge in [0.25, 0.3) is 0 Å². The standard InChI is InChI=1S/2C25H19N.18C2H6/c2*1-3-12-21(13-4-1)26(22-14-5-2-6-15-22)24-17-9-11-20-18-19-10-7-8-16-23(19)25(20)24;18*1-2/h2*1-17H,18H2;18*1-2H3. The zero-order chi connectivity index (χ0) is 70.7. The molecule has 8 aromatic carbocycles. The van der Waals surface area contributed by atoms with Crippen molar-refractivity contribution < 1.29 is 0 Å². The van der Waals surface area contributed by atoms with Crippen LogP contribution in [0.25, 0.3) is 22.3 Å². The predicted molar refractivity (Wildman–Crippen MR) is 423 cm³/mol. The van der Waals surface area contributed by atoms with E-state index in [1.54, 1.807) is 0 Å². The summed E-state index contributed by atoms with van der Waals surface area (Å²) in [5.74, 6) is 0. The third-order valence-electron chi connectivity index (χ3n) is 10.1. The second-order valence-electron chi connectivity index (χ2n) is 13.3. The Hall–Kier alpha value is -6.64. The molecular formula is C86H146N2. The maximum atomic E-state index is 2.36. The van der Waals surface area contributed by atoms with Gasteiger partial charge < -0.3 is 9.80 Å². The minimum atomic E-state index is 1.01. The van der Waals surface area contributed by atoms with Gasteiger partial charge >= 0.3 is 0 Å². The van der Waals surface area contributed by atoms with Crippen molar-refractivity contribution in [3.63, 3.8) is 0 Å². The van der Waals surface area contributed by atoms with E-state index in [0.29, 0.717) is 0 Å². The number of nitrogens with zero attached hydrogens (tertiary/aromatic N) is 2. The number of hydrogen-bond donors (Lipinski definition) is 0. The molecule has 8 aromatic rings. The van der Waals surface area contributed by atoms with E-state index in [1.807, 2.05) is 249 Å². The molecule has 0 aliphatic heterocycles. The molecule has 0 saturated carbocycles. The summed E-state index contributed by atoms with van der Waals surface area (Å²) in [6, 6.07) is 73.3. The Kier molecular flexibility index (Phi) is 99.2. The van der Waals surface area contributed by atoms with Crippen LogP contribution in [0.2, 0.25) is 0 Å². The van der Waals surface area contributed by atoms with Crippen molar-refractivity contribution in [2.45, 2.75) is 262 Å². The first-order chi connectivity index (χ1) is 43.8. The summed E-state index contributed by atoms with van der Waals surface area (Å²) in [5.41, 5.74) is 18.3. The number of para-hydroxylation sites is 4. The number of benzene rings is 8. The van der Waals surface area contributed by atoms with E-state index in [4.69, 9.17) is 0 Å². The zero-order valence-corrected chi connectivity index (χ0v) is 64.9. The first kappa shape index (κ1) is 103. The lowest BCUT2D eigenvalue weighted by molar-refractivity contribution is 1.24. The van der Waals surface area contributed by atoms with Gasteiger partial charge in [-0.1, -0.05) is 395 Å². The summed E-state index contributed by atoms with van der Waals surface area (Å²) in [6.07, 6.45) is 2.02. The van der Waals surface area contributed by atoms with Crippen LogP contribution in [0.15, 0.2) is 206 Å². The Morgan fingerprint density at radius 3 is 0.545 bits per heavy atom. The second-order valence-corrected chi connectivity index (χ2v) is 13.3. The first-order valence-electron chi connectivity index (χ1n) is 36.0. The number of rotatable bonds is 6. The number of fused-ring (bicyclic) bond motifs is 6. The van der Waals surface area contributed by atoms with Crippen LogP contribution in [0, 0.1) is 0 Å². The van der Waals surface area contributed by atoms with Crippen molar-refractivity contribution in [1.82, 2.24) is 0 Å². The van der Waals surface area contributed by atoms with Gasteiger partial charge in [0, 0.05) is 33.9 Å². The van der Waals surface area contributed by atoms with Crippen molar-refractivity contribution in [2.75, 3.05) is 9.80 Å². The third kappa shape index (κ3) is 36.6. The number of anilines is 6. The molecule has 2 heteroatoms. The van der Waals surface area contributed by atoms with E-state index in [2.05, 4.69) is 216 Å². The lowest BCUT2D eigenvalue weighted by Crippen LogP contribution is -2.11. The molecule has 0 aromatic heterocycles. The molecule has 0 unspecified atom stereocenters. The molecule has 0 amide bonds. The molecule has 2 aliphatic carbocycles. The molecule has 0 atom stereocenters. The average Bonchev–Trinajstić information content (AvgIpc) is 2.18. The van der Waals surface area contributed by atoms with Gasteiger partial charge in [0.2, 0.25) is 0 Å². The largest absolute Gasteiger partial charge is 0.310 e. The van der Waals surface area contributed by atoms with Gasteiger partial charge in [0.05, 0.1) is 11.4 Å². The smallest absolute Gasteiger partial charge is 0.0543 e. The zero-order valence-electron chi connectivity index (χ0n) is 64.9.